The van der Waals surface area contributed by atoms with Gasteiger partial charge in [0.15, 0.2) is 0 Å². The van der Waals surface area contributed by atoms with Gasteiger partial charge in [0.25, 0.3) is 18.8 Å². The molecule has 1 rings (SSSR count). The standard InChI is InChI=1S/C9H6N2O2/c10-6-12-9(13-7-11)8-4-2-1-3-5-8/h1-5,9H. The second kappa shape index (κ2) is 4.63. The first-order valence-corrected chi connectivity index (χ1v) is 3.53. The summed E-state index contributed by atoms with van der Waals surface area (Å²) in [4.78, 5) is 0. The molecule has 1 aromatic rings. The lowest BCUT2D eigenvalue weighted by Crippen LogP contribution is -2.02. The van der Waals surface area contributed by atoms with Crippen LogP contribution >= 0.6 is 0 Å². The van der Waals surface area contributed by atoms with Crippen molar-refractivity contribution in [2.75, 3.05) is 0 Å². The van der Waals surface area contributed by atoms with Gasteiger partial charge in [0.05, 0.1) is 0 Å². The molecule has 0 saturated carbocycles. The Morgan fingerprint density at radius 3 is 2.00 bits per heavy atom. The van der Waals surface area contributed by atoms with Gasteiger partial charge in [0.2, 0.25) is 0 Å². The molecule has 0 aliphatic heterocycles. The maximum Gasteiger partial charge on any atom is 0.291 e. The van der Waals surface area contributed by atoms with Gasteiger partial charge >= 0.3 is 0 Å². The average molecular weight is 174 g/mol. The van der Waals surface area contributed by atoms with Crippen LogP contribution in [0.3, 0.4) is 0 Å². The Morgan fingerprint density at radius 1 is 1.00 bits per heavy atom. The van der Waals surface area contributed by atoms with Crippen molar-refractivity contribution in [3.05, 3.63) is 35.9 Å². The highest BCUT2D eigenvalue weighted by atomic mass is 16.7. The second-order valence-corrected chi connectivity index (χ2v) is 2.16. The van der Waals surface area contributed by atoms with Crippen LogP contribution in [0.25, 0.3) is 0 Å². The molecule has 0 spiro atoms. The van der Waals surface area contributed by atoms with E-state index in [0.717, 1.165) is 0 Å². The van der Waals surface area contributed by atoms with Gasteiger partial charge in [-0.15, -0.1) is 0 Å². The van der Waals surface area contributed by atoms with Gasteiger partial charge in [-0.1, -0.05) is 30.3 Å². The molecule has 1 aromatic carbocycles. The second-order valence-electron chi connectivity index (χ2n) is 2.16. The quantitative estimate of drug-likeness (QED) is 0.516. The third kappa shape index (κ3) is 2.39. The van der Waals surface area contributed by atoms with E-state index >= 15 is 0 Å². The van der Waals surface area contributed by atoms with E-state index in [1.807, 2.05) is 6.07 Å². The summed E-state index contributed by atoms with van der Waals surface area (Å²) in [6, 6.07) is 8.77. The molecule has 13 heavy (non-hydrogen) atoms. The molecule has 0 amide bonds. The summed E-state index contributed by atoms with van der Waals surface area (Å²) in [5.41, 5.74) is 0.630. The molecule has 0 aliphatic rings. The van der Waals surface area contributed by atoms with Crippen LogP contribution in [-0.2, 0) is 9.47 Å². The maximum atomic E-state index is 8.26. The van der Waals surface area contributed by atoms with Gasteiger partial charge in [-0.25, -0.2) is 0 Å². The predicted molar refractivity (Wildman–Crippen MR) is 42.6 cm³/mol. The first-order valence-electron chi connectivity index (χ1n) is 3.53. The van der Waals surface area contributed by atoms with Crippen LogP contribution in [0, 0.1) is 23.0 Å². The minimum atomic E-state index is -0.934. The van der Waals surface area contributed by atoms with Gasteiger partial charge in [0, 0.05) is 5.56 Å². The van der Waals surface area contributed by atoms with E-state index < -0.39 is 6.29 Å². The Morgan fingerprint density at radius 2 is 1.54 bits per heavy atom. The molecule has 0 fully saturated rings. The Hall–Kier alpha value is -2.20. The van der Waals surface area contributed by atoms with Crippen molar-refractivity contribution in [3.8, 4) is 12.5 Å². The van der Waals surface area contributed by atoms with Crippen LogP contribution in [0.5, 0.6) is 0 Å². The molecule has 0 heterocycles. The van der Waals surface area contributed by atoms with Crippen molar-refractivity contribution in [2.24, 2.45) is 0 Å². The van der Waals surface area contributed by atoms with Crippen LogP contribution in [0.2, 0.25) is 0 Å². The van der Waals surface area contributed by atoms with Crippen LogP contribution in [0.15, 0.2) is 30.3 Å². The third-order valence-corrected chi connectivity index (χ3v) is 1.39. The minimum Gasteiger partial charge on any atom is -0.379 e. The molecule has 0 aromatic heterocycles. The Kier molecular flexibility index (Phi) is 3.17. The highest BCUT2D eigenvalue weighted by molar-refractivity contribution is 5.16. The third-order valence-electron chi connectivity index (χ3n) is 1.39. The summed E-state index contributed by atoms with van der Waals surface area (Å²) in [5, 5.41) is 16.5. The number of nitriles is 2. The number of hydrogen-bond donors (Lipinski definition) is 0. The fraction of sp³-hybridized carbons (Fsp3) is 0.111. The first-order chi connectivity index (χ1) is 6.38. The lowest BCUT2D eigenvalue weighted by Gasteiger charge is -2.09. The Labute approximate surface area is 75.5 Å². The van der Waals surface area contributed by atoms with Gasteiger partial charge < -0.3 is 9.47 Å². The first kappa shape index (κ1) is 8.89. The summed E-state index contributed by atoms with van der Waals surface area (Å²) in [6.07, 6.45) is 2.02. The van der Waals surface area contributed by atoms with Crippen molar-refractivity contribution < 1.29 is 9.47 Å². The number of nitrogens with zero attached hydrogens (tertiary/aromatic N) is 2. The molecule has 0 aliphatic carbocycles. The zero-order valence-corrected chi connectivity index (χ0v) is 6.68. The Balaban J connectivity index is 2.78. The van der Waals surface area contributed by atoms with Crippen molar-refractivity contribution in [1.29, 1.82) is 10.5 Å². The lowest BCUT2D eigenvalue weighted by molar-refractivity contribution is -0.0464. The summed E-state index contributed by atoms with van der Waals surface area (Å²) in [6.45, 7) is 0. The molecular formula is C9H6N2O2. The highest BCUT2D eigenvalue weighted by Crippen LogP contribution is 2.16. The van der Waals surface area contributed by atoms with Gasteiger partial charge in [-0.3, -0.25) is 0 Å². The van der Waals surface area contributed by atoms with E-state index in [9.17, 15) is 0 Å². The normalized spacial score (nSPS) is 8.54. The van der Waals surface area contributed by atoms with Crippen molar-refractivity contribution in [2.45, 2.75) is 6.29 Å². The Bertz CT molecular complexity index is 321. The number of rotatable bonds is 3. The average Bonchev–Trinajstić information content (AvgIpc) is 2.19. The molecule has 0 saturated heterocycles. The fourth-order valence-corrected chi connectivity index (χ4v) is 0.866. The summed E-state index contributed by atoms with van der Waals surface area (Å²) in [5.74, 6) is 0. The lowest BCUT2D eigenvalue weighted by atomic mass is 10.2. The summed E-state index contributed by atoms with van der Waals surface area (Å²) < 4.78 is 9.06. The SMILES string of the molecule is N#COC(OC#N)c1ccccc1. The van der Waals surface area contributed by atoms with Crippen molar-refractivity contribution in [1.82, 2.24) is 0 Å². The molecule has 64 valence electrons. The summed E-state index contributed by atoms with van der Waals surface area (Å²) in [7, 11) is 0. The fourth-order valence-electron chi connectivity index (χ4n) is 0.866. The molecule has 0 unspecified atom stereocenters. The number of benzene rings is 1. The minimum absolute atomic E-state index is 0.630. The van der Waals surface area contributed by atoms with Crippen LogP contribution in [0.1, 0.15) is 11.9 Å². The van der Waals surface area contributed by atoms with Gasteiger partial charge in [-0.2, -0.15) is 10.5 Å². The summed E-state index contributed by atoms with van der Waals surface area (Å²) >= 11 is 0. The highest BCUT2D eigenvalue weighted by Gasteiger charge is 2.12. The largest absolute Gasteiger partial charge is 0.379 e. The predicted octanol–water partition coefficient (Wildman–Crippen LogP) is 1.68. The van der Waals surface area contributed by atoms with Crippen molar-refractivity contribution in [3.63, 3.8) is 0 Å². The van der Waals surface area contributed by atoms with E-state index in [0.29, 0.717) is 5.56 Å². The zero-order chi connectivity index (χ0) is 9.52. The maximum absolute atomic E-state index is 8.26. The smallest absolute Gasteiger partial charge is 0.291 e. The van der Waals surface area contributed by atoms with E-state index in [-0.39, 0.29) is 0 Å². The van der Waals surface area contributed by atoms with E-state index in [2.05, 4.69) is 9.47 Å². The van der Waals surface area contributed by atoms with Crippen LogP contribution in [0.4, 0.5) is 0 Å². The van der Waals surface area contributed by atoms with E-state index in [4.69, 9.17) is 10.5 Å². The van der Waals surface area contributed by atoms with E-state index in [1.54, 1.807) is 24.3 Å². The van der Waals surface area contributed by atoms with E-state index in [1.165, 1.54) is 12.5 Å². The van der Waals surface area contributed by atoms with Crippen molar-refractivity contribution >= 4 is 0 Å². The molecule has 4 nitrogen and oxygen atoms in total. The number of hydrogen-bond acceptors (Lipinski definition) is 4. The van der Waals surface area contributed by atoms with Crippen LogP contribution in [-0.4, -0.2) is 0 Å². The topological polar surface area (TPSA) is 66.0 Å². The zero-order valence-electron chi connectivity index (χ0n) is 6.68. The molecule has 0 bridgehead atoms. The molecule has 4 heteroatoms. The van der Waals surface area contributed by atoms with Gasteiger partial charge in [-0.05, 0) is 0 Å². The molecule has 0 radical (unpaired) electrons. The monoisotopic (exact) mass is 174 g/mol. The molecule has 0 atom stereocenters. The van der Waals surface area contributed by atoms with Crippen LogP contribution < -0.4 is 0 Å². The number of ether oxygens (including phenoxy) is 2. The molecular weight excluding hydrogens is 168 g/mol. The molecule has 0 N–H and O–H groups in total. The van der Waals surface area contributed by atoms with Gasteiger partial charge in [0.1, 0.15) is 0 Å².